The number of aromatic amines is 1. The molecule has 0 bridgehead atoms. The number of H-pyrrole nitrogens is 1. The van der Waals surface area contributed by atoms with Gasteiger partial charge >= 0.3 is 0 Å². The van der Waals surface area contributed by atoms with E-state index in [9.17, 15) is 4.79 Å². The number of aromatic nitrogens is 2. The number of anilines is 2. The standard InChI is InChI=1S/C15H20N4O2/c16-12-7-11-13(17-9-18-15(11)21)8-14(12)19(5-2-6-20)10-3-1-4-10/h7-10,20H,1-6,16H2,(H,17,18,21). The van der Waals surface area contributed by atoms with Crippen molar-refractivity contribution in [2.75, 3.05) is 23.8 Å². The summed E-state index contributed by atoms with van der Waals surface area (Å²) in [5.41, 5.74) is 8.14. The SMILES string of the molecule is Nc1cc2c(=O)[nH]cnc2cc1N(CCCO)C1CCC1. The highest BCUT2D eigenvalue weighted by atomic mass is 16.3. The molecule has 0 unspecified atom stereocenters. The van der Waals surface area contributed by atoms with Gasteiger partial charge in [0, 0.05) is 19.2 Å². The van der Waals surface area contributed by atoms with Crippen LogP contribution in [0, 0.1) is 0 Å². The molecule has 3 rings (SSSR count). The first-order valence-corrected chi connectivity index (χ1v) is 7.35. The Balaban J connectivity index is 2.04. The van der Waals surface area contributed by atoms with Crippen molar-refractivity contribution in [3.63, 3.8) is 0 Å². The first-order chi connectivity index (χ1) is 10.2. The van der Waals surface area contributed by atoms with E-state index in [-0.39, 0.29) is 12.2 Å². The Morgan fingerprint density at radius 3 is 2.90 bits per heavy atom. The van der Waals surface area contributed by atoms with E-state index in [1.54, 1.807) is 6.07 Å². The molecular weight excluding hydrogens is 268 g/mol. The van der Waals surface area contributed by atoms with E-state index in [1.165, 1.54) is 12.7 Å². The summed E-state index contributed by atoms with van der Waals surface area (Å²) < 4.78 is 0. The summed E-state index contributed by atoms with van der Waals surface area (Å²) in [6.45, 7) is 0.925. The van der Waals surface area contributed by atoms with Crippen molar-refractivity contribution >= 4 is 22.3 Å². The molecule has 0 atom stereocenters. The number of nitrogens with two attached hydrogens (primary N) is 1. The van der Waals surface area contributed by atoms with Gasteiger partial charge in [0.05, 0.1) is 28.6 Å². The van der Waals surface area contributed by atoms with Crippen LogP contribution < -0.4 is 16.2 Å². The van der Waals surface area contributed by atoms with Gasteiger partial charge in [-0.05, 0) is 37.8 Å². The van der Waals surface area contributed by atoms with Gasteiger partial charge in [0.2, 0.25) is 0 Å². The summed E-state index contributed by atoms with van der Waals surface area (Å²) in [7, 11) is 0. The van der Waals surface area contributed by atoms with Gasteiger partial charge < -0.3 is 20.7 Å². The normalized spacial score (nSPS) is 15.1. The topological polar surface area (TPSA) is 95.2 Å². The van der Waals surface area contributed by atoms with Gasteiger partial charge in [0.1, 0.15) is 0 Å². The molecule has 1 fully saturated rings. The van der Waals surface area contributed by atoms with Crippen LogP contribution in [0.2, 0.25) is 0 Å². The van der Waals surface area contributed by atoms with Crippen LogP contribution in [0.4, 0.5) is 11.4 Å². The molecule has 1 heterocycles. The van der Waals surface area contributed by atoms with Crippen molar-refractivity contribution < 1.29 is 5.11 Å². The fourth-order valence-electron chi connectivity index (χ4n) is 2.81. The van der Waals surface area contributed by atoms with Crippen LogP contribution in [0.3, 0.4) is 0 Å². The highest BCUT2D eigenvalue weighted by Crippen LogP contribution is 2.34. The zero-order valence-electron chi connectivity index (χ0n) is 11.9. The van der Waals surface area contributed by atoms with Gasteiger partial charge in [-0.3, -0.25) is 4.79 Å². The molecule has 6 heteroatoms. The lowest BCUT2D eigenvalue weighted by atomic mass is 9.90. The molecular formula is C15H20N4O2. The van der Waals surface area contributed by atoms with Gasteiger partial charge in [-0.2, -0.15) is 0 Å². The molecule has 112 valence electrons. The summed E-state index contributed by atoms with van der Waals surface area (Å²) in [6, 6.07) is 4.05. The Labute approximate surface area is 122 Å². The van der Waals surface area contributed by atoms with Crippen LogP contribution in [0.25, 0.3) is 10.9 Å². The van der Waals surface area contributed by atoms with Crippen molar-refractivity contribution in [2.24, 2.45) is 0 Å². The molecule has 1 aliphatic rings. The van der Waals surface area contributed by atoms with Gasteiger partial charge in [0.25, 0.3) is 5.56 Å². The Hall–Kier alpha value is -2.08. The molecule has 0 amide bonds. The molecule has 0 saturated heterocycles. The van der Waals surface area contributed by atoms with E-state index in [0.29, 0.717) is 29.1 Å². The molecule has 1 aliphatic carbocycles. The van der Waals surface area contributed by atoms with Gasteiger partial charge in [-0.1, -0.05) is 0 Å². The lowest BCUT2D eigenvalue weighted by molar-refractivity contribution is 0.283. The number of fused-ring (bicyclic) bond motifs is 1. The van der Waals surface area contributed by atoms with Crippen molar-refractivity contribution in [3.05, 3.63) is 28.8 Å². The van der Waals surface area contributed by atoms with Crippen LogP contribution in [0.1, 0.15) is 25.7 Å². The van der Waals surface area contributed by atoms with E-state index in [2.05, 4.69) is 14.9 Å². The molecule has 21 heavy (non-hydrogen) atoms. The average Bonchev–Trinajstić information content (AvgIpc) is 2.42. The third-order valence-electron chi connectivity index (χ3n) is 4.17. The maximum absolute atomic E-state index is 11.8. The zero-order valence-corrected chi connectivity index (χ0v) is 11.9. The maximum atomic E-state index is 11.8. The molecule has 6 nitrogen and oxygen atoms in total. The zero-order chi connectivity index (χ0) is 14.8. The number of hydrogen-bond donors (Lipinski definition) is 3. The van der Waals surface area contributed by atoms with Gasteiger partial charge in [-0.25, -0.2) is 4.98 Å². The summed E-state index contributed by atoms with van der Waals surface area (Å²) in [5.74, 6) is 0. The van der Waals surface area contributed by atoms with E-state index < -0.39 is 0 Å². The first-order valence-electron chi connectivity index (χ1n) is 7.35. The Kier molecular flexibility index (Phi) is 3.79. The third kappa shape index (κ3) is 2.58. The highest BCUT2D eigenvalue weighted by Gasteiger charge is 2.26. The minimum Gasteiger partial charge on any atom is -0.397 e. The third-order valence-corrected chi connectivity index (χ3v) is 4.17. The smallest absolute Gasteiger partial charge is 0.258 e. The van der Waals surface area contributed by atoms with Gasteiger partial charge in [0.15, 0.2) is 0 Å². The summed E-state index contributed by atoms with van der Waals surface area (Å²) >= 11 is 0. The predicted molar refractivity (Wildman–Crippen MR) is 83.5 cm³/mol. The monoisotopic (exact) mass is 288 g/mol. The summed E-state index contributed by atoms with van der Waals surface area (Å²) in [6.07, 6.45) is 5.63. The number of rotatable bonds is 5. The van der Waals surface area contributed by atoms with Crippen LogP contribution >= 0.6 is 0 Å². The van der Waals surface area contributed by atoms with Gasteiger partial charge in [-0.15, -0.1) is 0 Å². The second kappa shape index (κ2) is 5.73. The average molecular weight is 288 g/mol. The fourth-order valence-corrected chi connectivity index (χ4v) is 2.81. The molecule has 0 radical (unpaired) electrons. The Morgan fingerprint density at radius 1 is 1.43 bits per heavy atom. The number of nitrogens with zero attached hydrogens (tertiary/aromatic N) is 2. The van der Waals surface area contributed by atoms with Crippen LogP contribution in [0.15, 0.2) is 23.3 Å². The molecule has 1 saturated carbocycles. The lowest BCUT2D eigenvalue weighted by Crippen LogP contribution is -2.41. The number of nitrogen functional groups attached to an aromatic ring is 1. The Bertz CT molecular complexity index is 694. The largest absolute Gasteiger partial charge is 0.397 e. The van der Waals surface area contributed by atoms with E-state index in [4.69, 9.17) is 10.8 Å². The van der Waals surface area contributed by atoms with Crippen LogP contribution in [-0.4, -0.2) is 34.3 Å². The quantitative estimate of drug-likeness (QED) is 0.720. The minimum atomic E-state index is -0.177. The highest BCUT2D eigenvalue weighted by molar-refractivity contribution is 5.88. The first kappa shape index (κ1) is 13.9. The molecule has 0 spiro atoms. The molecule has 1 aromatic carbocycles. The van der Waals surface area contributed by atoms with Crippen LogP contribution in [0.5, 0.6) is 0 Å². The van der Waals surface area contributed by atoms with Crippen LogP contribution in [-0.2, 0) is 0 Å². The Morgan fingerprint density at radius 2 is 2.24 bits per heavy atom. The fraction of sp³-hybridized carbons (Fsp3) is 0.467. The number of hydrogen-bond acceptors (Lipinski definition) is 5. The van der Waals surface area contributed by atoms with Crippen molar-refractivity contribution in [1.82, 2.24) is 9.97 Å². The predicted octanol–water partition coefficient (Wildman–Crippen LogP) is 1.25. The number of aliphatic hydroxyl groups excluding tert-OH is 1. The summed E-state index contributed by atoms with van der Waals surface area (Å²) in [4.78, 5) is 20.8. The number of nitrogens with one attached hydrogen (secondary N) is 1. The molecule has 2 aromatic rings. The lowest BCUT2D eigenvalue weighted by Gasteiger charge is -2.40. The van der Waals surface area contributed by atoms with Crippen molar-refractivity contribution in [1.29, 1.82) is 0 Å². The van der Waals surface area contributed by atoms with E-state index in [0.717, 1.165) is 25.1 Å². The summed E-state index contributed by atoms with van der Waals surface area (Å²) in [5, 5.41) is 9.61. The van der Waals surface area contributed by atoms with Crippen molar-refractivity contribution in [2.45, 2.75) is 31.7 Å². The van der Waals surface area contributed by atoms with E-state index >= 15 is 0 Å². The molecule has 0 aliphatic heterocycles. The number of aliphatic hydroxyl groups is 1. The van der Waals surface area contributed by atoms with E-state index in [1.807, 2.05) is 6.07 Å². The molecule has 1 aromatic heterocycles. The molecule has 4 N–H and O–H groups in total. The maximum Gasteiger partial charge on any atom is 0.258 e. The second-order valence-electron chi connectivity index (χ2n) is 5.52. The second-order valence-corrected chi connectivity index (χ2v) is 5.52. The number of benzene rings is 1. The minimum absolute atomic E-state index is 0.161. The van der Waals surface area contributed by atoms with Crippen molar-refractivity contribution in [3.8, 4) is 0 Å².